The Kier molecular flexibility index (Phi) is 9.48. The molecule has 1 heterocycles. The molecule has 0 amide bonds. The molecule has 0 aliphatic rings. The van der Waals surface area contributed by atoms with Crippen molar-refractivity contribution >= 4 is 6.47 Å². The Bertz CT molecular complexity index is 667. The van der Waals surface area contributed by atoms with E-state index in [0.29, 0.717) is 18.8 Å². The van der Waals surface area contributed by atoms with E-state index in [1.54, 1.807) is 26.8 Å². The van der Waals surface area contributed by atoms with Crippen molar-refractivity contribution < 1.29 is 27.1 Å². The summed E-state index contributed by atoms with van der Waals surface area (Å²) in [6.45, 7) is 10.2. The smallest absolute Gasteiger partial charge is 0.419 e. The molecule has 0 unspecified atom stereocenters. The quantitative estimate of drug-likeness (QED) is 0.579. The van der Waals surface area contributed by atoms with Crippen molar-refractivity contribution in [3.05, 3.63) is 47.0 Å². The predicted molar refractivity (Wildman–Crippen MR) is 87.0 cm³/mol. The molecule has 0 N–H and O–H groups in total. The van der Waals surface area contributed by atoms with Crippen molar-refractivity contribution in [2.24, 2.45) is 0 Å². The summed E-state index contributed by atoms with van der Waals surface area (Å²) in [5.41, 5.74) is 0.443. The molecule has 0 saturated heterocycles. The molecule has 2 rings (SSSR count). The number of ether oxygens (including phenoxy) is 1. The molecule has 0 fully saturated rings. The average molecular weight is 362 g/mol. The van der Waals surface area contributed by atoms with E-state index >= 15 is 0 Å². The van der Waals surface area contributed by atoms with Gasteiger partial charge in [-0.05, 0) is 39.0 Å². The number of benzene rings is 1. The second kappa shape index (κ2) is 10.5. The summed E-state index contributed by atoms with van der Waals surface area (Å²) in [7, 11) is 0. The van der Waals surface area contributed by atoms with Crippen LogP contribution in [-0.4, -0.2) is 22.9 Å². The number of nitrogens with zero attached hydrogens (tertiary/aromatic N) is 2. The van der Waals surface area contributed by atoms with Crippen molar-refractivity contribution in [2.75, 3.05) is 6.61 Å². The van der Waals surface area contributed by atoms with E-state index in [2.05, 4.69) is 9.84 Å². The van der Waals surface area contributed by atoms with Crippen molar-refractivity contribution in [3.63, 3.8) is 0 Å². The third-order valence-corrected chi connectivity index (χ3v) is 2.75. The minimum atomic E-state index is -4.68. The Hall–Kier alpha value is -2.38. The van der Waals surface area contributed by atoms with Crippen LogP contribution in [0, 0.1) is 19.7 Å². The van der Waals surface area contributed by atoms with E-state index in [1.807, 2.05) is 13.8 Å². The Labute approximate surface area is 144 Å². The van der Waals surface area contributed by atoms with E-state index in [9.17, 15) is 22.4 Å². The van der Waals surface area contributed by atoms with Gasteiger partial charge in [-0.1, -0.05) is 13.8 Å². The fraction of sp³-hybridized carbons (Fsp3) is 0.412. The highest BCUT2D eigenvalue weighted by molar-refractivity contribution is 5.38. The van der Waals surface area contributed by atoms with Gasteiger partial charge < -0.3 is 4.74 Å². The van der Waals surface area contributed by atoms with Gasteiger partial charge in [-0.15, -0.1) is 0 Å². The highest BCUT2D eigenvalue weighted by atomic mass is 19.4. The molecule has 1 aromatic carbocycles. The van der Waals surface area contributed by atoms with Crippen LogP contribution in [0.15, 0.2) is 24.3 Å². The Morgan fingerprint density at radius 2 is 1.80 bits per heavy atom. The lowest BCUT2D eigenvalue weighted by atomic mass is 10.2. The van der Waals surface area contributed by atoms with Gasteiger partial charge >= 0.3 is 6.18 Å². The van der Waals surface area contributed by atoms with Crippen LogP contribution >= 0.6 is 0 Å². The minimum Gasteiger partial charge on any atom is -0.468 e. The van der Waals surface area contributed by atoms with Crippen molar-refractivity contribution in [1.29, 1.82) is 0 Å². The van der Waals surface area contributed by atoms with E-state index in [-0.39, 0.29) is 5.69 Å². The van der Waals surface area contributed by atoms with Gasteiger partial charge in [-0.3, -0.25) is 4.79 Å². The van der Waals surface area contributed by atoms with Crippen LogP contribution in [0.4, 0.5) is 17.6 Å². The summed E-state index contributed by atoms with van der Waals surface area (Å²) in [6.07, 6.45) is -4.68. The van der Waals surface area contributed by atoms with Crippen LogP contribution in [0.25, 0.3) is 5.69 Å². The summed E-state index contributed by atoms with van der Waals surface area (Å²) >= 11 is 0. The molecule has 1 aromatic heterocycles. The zero-order valence-electron chi connectivity index (χ0n) is 14.8. The lowest BCUT2D eigenvalue weighted by molar-refractivity contribution is -0.140. The molecule has 4 nitrogen and oxygen atoms in total. The second-order valence-electron chi connectivity index (χ2n) is 4.55. The zero-order valence-corrected chi connectivity index (χ0v) is 14.8. The van der Waals surface area contributed by atoms with Crippen LogP contribution < -0.4 is 0 Å². The van der Waals surface area contributed by atoms with E-state index in [0.717, 1.165) is 17.8 Å². The highest BCUT2D eigenvalue weighted by Crippen LogP contribution is 2.32. The molecular formula is C17H22F4N2O2. The van der Waals surface area contributed by atoms with Gasteiger partial charge in [-0.25, -0.2) is 9.07 Å². The summed E-state index contributed by atoms with van der Waals surface area (Å²) in [5, 5.41) is 4.08. The van der Waals surface area contributed by atoms with Crippen LogP contribution in [0.5, 0.6) is 0 Å². The van der Waals surface area contributed by atoms with E-state index < -0.39 is 17.6 Å². The molecule has 0 saturated carbocycles. The third-order valence-electron chi connectivity index (χ3n) is 2.75. The van der Waals surface area contributed by atoms with Crippen molar-refractivity contribution in [1.82, 2.24) is 9.78 Å². The molecule has 140 valence electrons. The molecule has 0 spiro atoms. The summed E-state index contributed by atoms with van der Waals surface area (Å²) in [4.78, 5) is 9.18. The number of carbonyl (C=O) groups is 1. The highest BCUT2D eigenvalue weighted by Gasteiger charge is 2.34. The topological polar surface area (TPSA) is 44.1 Å². The van der Waals surface area contributed by atoms with Gasteiger partial charge in [0, 0.05) is 11.8 Å². The van der Waals surface area contributed by atoms with Gasteiger partial charge in [-0.2, -0.15) is 18.3 Å². The number of hydrogen-bond donors (Lipinski definition) is 0. The fourth-order valence-electron chi connectivity index (χ4n) is 1.82. The predicted octanol–water partition coefficient (Wildman–Crippen LogP) is 4.85. The van der Waals surface area contributed by atoms with Gasteiger partial charge in [0.15, 0.2) is 0 Å². The molecule has 0 atom stereocenters. The zero-order chi connectivity index (χ0) is 19.6. The van der Waals surface area contributed by atoms with Gasteiger partial charge in [0.1, 0.15) is 5.82 Å². The van der Waals surface area contributed by atoms with Gasteiger partial charge in [0.2, 0.25) is 0 Å². The molecule has 0 bridgehead atoms. The second-order valence-corrected chi connectivity index (χ2v) is 4.55. The standard InChI is InChI=1S/C12H10F4N2.C3H6O2.C2H6/c1-7-5-8(2)18(17-7)9-3-4-10(11(13)6-9)12(14,15)16;1-2-5-3-4;1-2/h3-6H,1-2H3;3H,2H2,1H3;1-2H3. The van der Waals surface area contributed by atoms with Crippen LogP contribution in [0.3, 0.4) is 0 Å². The number of carbonyl (C=O) groups excluding carboxylic acids is 1. The average Bonchev–Trinajstić information content (AvgIpc) is 2.88. The number of rotatable bonds is 3. The fourth-order valence-corrected chi connectivity index (χ4v) is 1.82. The first-order valence-corrected chi connectivity index (χ1v) is 7.66. The van der Waals surface area contributed by atoms with Crippen molar-refractivity contribution in [3.8, 4) is 5.69 Å². The summed E-state index contributed by atoms with van der Waals surface area (Å²) in [5.74, 6) is -1.30. The lowest BCUT2D eigenvalue weighted by Crippen LogP contribution is -2.09. The van der Waals surface area contributed by atoms with Crippen LogP contribution in [0.1, 0.15) is 37.7 Å². The first-order chi connectivity index (χ1) is 11.7. The molecule has 25 heavy (non-hydrogen) atoms. The Balaban J connectivity index is 0.000000710. The summed E-state index contributed by atoms with van der Waals surface area (Å²) < 4.78 is 56.2. The van der Waals surface area contributed by atoms with Crippen LogP contribution in [-0.2, 0) is 15.7 Å². The number of alkyl halides is 3. The van der Waals surface area contributed by atoms with Crippen molar-refractivity contribution in [2.45, 2.75) is 40.8 Å². The third kappa shape index (κ3) is 6.94. The normalized spacial score (nSPS) is 10.1. The molecule has 0 aliphatic heterocycles. The first-order valence-electron chi connectivity index (χ1n) is 7.66. The van der Waals surface area contributed by atoms with E-state index in [4.69, 9.17) is 0 Å². The number of halogens is 4. The molecule has 8 heteroatoms. The maximum absolute atomic E-state index is 13.4. The van der Waals surface area contributed by atoms with Gasteiger partial charge in [0.25, 0.3) is 6.47 Å². The monoisotopic (exact) mass is 362 g/mol. The van der Waals surface area contributed by atoms with Crippen LogP contribution in [0.2, 0.25) is 0 Å². The number of hydrogen-bond acceptors (Lipinski definition) is 3. The number of aromatic nitrogens is 2. The molecular weight excluding hydrogens is 340 g/mol. The molecule has 0 aliphatic carbocycles. The Morgan fingerprint density at radius 3 is 2.12 bits per heavy atom. The minimum absolute atomic E-state index is 0.270. The largest absolute Gasteiger partial charge is 0.468 e. The van der Waals surface area contributed by atoms with E-state index in [1.165, 1.54) is 10.7 Å². The Morgan fingerprint density at radius 1 is 1.20 bits per heavy atom. The lowest BCUT2D eigenvalue weighted by Gasteiger charge is -2.10. The SMILES string of the molecule is CC.CCOC=O.Cc1cc(C)n(-c2ccc(C(F)(F)F)c(F)c2)n1. The molecule has 2 aromatic rings. The number of aryl methyl sites for hydroxylation is 2. The first kappa shape index (κ1) is 22.6. The maximum atomic E-state index is 13.4. The maximum Gasteiger partial charge on any atom is 0.419 e. The molecule has 0 radical (unpaired) electrons. The summed E-state index contributed by atoms with van der Waals surface area (Å²) in [6, 6.07) is 4.52. The van der Waals surface area contributed by atoms with Gasteiger partial charge in [0.05, 0.1) is 23.6 Å².